The Bertz CT molecular complexity index is 1180. The highest BCUT2D eigenvalue weighted by Crippen LogP contribution is 2.43. The van der Waals surface area contributed by atoms with Gasteiger partial charge in [-0.25, -0.2) is 4.57 Å². The zero-order chi connectivity index (χ0) is 22.0. The van der Waals surface area contributed by atoms with Crippen LogP contribution in [0, 0.1) is 27.6 Å². The molecule has 2 heterocycles. The number of fused-ring (bicyclic) bond motifs is 3. The summed E-state index contributed by atoms with van der Waals surface area (Å²) >= 11 is 0. The predicted octanol–water partition coefficient (Wildman–Crippen LogP) is 4.38. The lowest BCUT2D eigenvalue weighted by atomic mass is 9.93. The minimum Gasteiger partial charge on any atom is -0.257 e. The van der Waals surface area contributed by atoms with E-state index in [-0.39, 0.29) is 5.56 Å². The second kappa shape index (κ2) is 5.27. The Labute approximate surface area is 152 Å². The molecule has 0 atom stereocenters. The molecule has 0 fully saturated rings. The number of pyridine rings is 2. The van der Waals surface area contributed by atoms with E-state index in [1.165, 1.54) is 0 Å². The molecule has 3 aromatic rings. The first kappa shape index (κ1) is 9.73. The maximum absolute atomic E-state index is 8.00. The number of rotatable bonds is 1. The normalized spacial score (nSPS) is 17.0. The minimum atomic E-state index is -2.23. The highest BCUT2D eigenvalue weighted by molar-refractivity contribution is 5.85. The van der Waals surface area contributed by atoms with Crippen LogP contribution in [0.5, 0.6) is 0 Å². The number of nitrogens with zero attached hydrogens (tertiary/aromatic N) is 2. The Morgan fingerprint density at radius 2 is 1.92 bits per heavy atom. The lowest BCUT2D eigenvalue weighted by Gasteiger charge is -2.11. The van der Waals surface area contributed by atoms with Crippen molar-refractivity contribution in [3.63, 3.8) is 0 Å². The maximum Gasteiger partial charge on any atom is 0.212 e. The average Bonchev–Trinajstić information content (AvgIpc) is 2.97. The lowest BCUT2D eigenvalue weighted by molar-refractivity contribution is -0.660. The van der Waals surface area contributed by atoms with E-state index >= 15 is 0 Å². The molecule has 4 rings (SSSR count). The van der Waals surface area contributed by atoms with E-state index < -0.39 is 13.7 Å². The molecule has 0 bridgehead atoms. The third-order valence-electron chi connectivity index (χ3n) is 4.75. The van der Waals surface area contributed by atoms with E-state index in [1.54, 1.807) is 18.3 Å². The largest absolute Gasteiger partial charge is 0.257 e. The molecule has 1 aliphatic rings. The maximum atomic E-state index is 8.00. The summed E-state index contributed by atoms with van der Waals surface area (Å²) in [5, 5.41) is 0. The van der Waals surface area contributed by atoms with E-state index in [0.717, 1.165) is 33.6 Å². The van der Waals surface area contributed by atoms with Gasteiger partial charge in [-0.2, -0.15) is 0 Å². The highest BCUT2D eigenvalue weighted by atomic mass is 14.9. The summed E-state index contributed by atoms with van der Waals surface area (Å²) in [6.07, 6.45) is 2.19. The van der Waals surface area contributed by atoms with Crippen molar-refractivity contribution in [1.29, 1.82) is 0 Å². The summed E-state index contributed by atoms with van der Waals surface area (Å²) in [6, 6.07) is 9.09. The van der Waals surface area contributed by atoms with E-state index in [9.17, 15) is 0 Å². The van der Waals surface area contributed by atoms with Crippen molar-refractivity contribution in [3.05, 3.63) is 70.2 Å². The quantitative estimate of drug-likeness (QED) is 0.475. The molecule has 2 nitrogen and oxygen atoms in total. The van der Waals surface area contributed by atoms with Gasteiger partial charge in [-0.15, -0.1) is 0 Å². The molecule has 2 heteroatoms. The number of hydrogen-bond acceptors (Lipinski definition) is 1. The molecular formula is C22H23N2+. The molecule has 0 saturated carbocycles. The minimum absolute atomic E-state index is 0.282. The monoisotopic (exact) mass is 321 g/mol. The van der Waals surface area contributed by atoms with Crippen LogP contribution >= 0.6 is 0 Å². The standard InChI is InChI=1S/C22H23N2/c1-13-6-9-20(24(5)12-13)22-14(2)7-8-17-18(22)11-19-21(17)15(3)10-16(4)23-19/h6-10,12H,11H2,1-5H3/q+1/i1D3,3D3. The molecular weight excluding hydrogens is 292 g/mol. The molecule has 0 N–H and O–H groups in total. The second-order valence-corrected chi connectivity index (χ2v) is 6.51. The smallest absolute Gasteiger partial charge is 0.212 e. The van der Waals surface area contributed by atoms with Crippen molar-refractivity contribution in [2.75, 3.05) is 0 Å². The fraction of sp³-hybridized carbons (Fsp3) is 0.273. The molecule has 24 heavy (non-hydrogen) atoms. The molecule has 2 aromatic heterocycles. The molecule has 0 amide bonds. The van der Waals surface area contributed by atoms with Crippen molar-refractivity contribution in [3.8, 4) is 22.4 Å². The summed E-state index contributed by atoms with van der Waals surface area (Å²) in [5.74, 6) is 0. The van der Waals surface area contributed by atoms with Gasteiger partial charge < -0.3 is 0 Å². The van der Waals surface area contributed by atoms with Gasteiger partial charge in [0.1, 0.15) is 7.05 Å². The van der Waals surface area contributed by atoms with Gasteiger partial charge in [0.2, 0.25) is 5.69 Å². The van der Waals surface area contributed by atoms with E-state index in [1.807, 2.05) is 43.7 Å². The Kier molecular flexibility index (Phi) is 2.14. The Hall–Kier alpha value is -2.48. The van der Waals surface area contributed by atoms with Crippen LogP contribution < -0.4 is 4.57 Å². The van der Waals surface area contributed by atoms with Gasteiger partial charge in [0.15, 0.2) is 6.20 Å². The SMILES string of the molecule is [2H]C([2H])([2H])c1ccc(-c2c(C)ccc3c2Cc2nc(C)cc(C([2H])([2H])[2H])c2-3)[n+](C)c1. The first-order chi connectivity index (χ1) is 13.9. The third-order valence-corrected chi connectivity index (χ3v) is 4.75. The number of aryl methyl sites for hydroxylation is 5. The Morgan fingerprint density at radius 3 is 2.67 bits per heavy atom. The molecule has 0 radical (unpaired) electrons. The van der Waals surface area contributed by atoms with Crippen molar-refractivity contribution in [2.24, 2.45) is 7.05 Å². The second-order valence-electron chi connectivity index (χ2n) is 6.51. The van der Waals surface area contributed by atoms with Gasteiger partial charge in [0.05, 0.1) is 11.3 Å². The van der Waals surface area contributed by atoms with Crippen molar-refractivity contribution >= 4 is 0 Å². The fourth-order valence-corrected chi connectivity index (χ4v) is 3.74. The molecule has 0 saturated heterocycles. The number of hydrogen-bond donors (Lipinski definition) is 0. The van der Waals surface area contributed by atoms with Crippen LogP contribution in [0.1, 0.15) is 41.9 Å². The third kappa shape index (κ3) is 2.17. The lowest BCUT2D eigenvalue weighted by Crippen LogP contribution is -2.31. The van der Waals surface area contributed by atoms with Gasteiger partial charge in [0.25, 0.3) is 0 Å². The molecule has 0 aliphatic heterocycles. The zero-order valence-electron chi connectivity index (χ0n) is 20.1. The topological polar surface area (TPSA) is 16.8 Å². The first-order valence-corrected chi connectivity index (χ1v) is 8.02. The molecule has 0 spiro atoms. The summed E-state index contributed by atoms with van der Waals surface area (Å²) < 4.78 is 48.8. The summed E-state index contributed by atoms with van der Waals surface area (Å²) in [7, 11) is 1.84. The van der Waals surface area contributed by atoms with Gasteiger partial charge in [-0.05, 0) is 61.9 Å². The Morgan fingerprint density at radius 1 is 1.04 bits per heavy atom. The van der Waals surface area contributed by atoms with Gasteiger partial charge in [0, 0.05) is 37.5 Å². The highest BCUT2D eigenvalue weighted by Gasteiger charge is 2.28. The molecule has 0 unspecified atom stereocenters. The van der Waals surface area contributed by atoms with Crippen LogP contribution in [0.15, 0.2) is 36.5 Å². The van der Waals surface area contributed by atoms with Crippen LogP contribution in [-0.4, -0.2) is 4.98 Å². The predicted molar refractivity (Wildman–Crippen MR) is 98.0 cm³/mol. The van der Waals surface area contributed by atoms with Crippen molar-refractivity contribution < 1.29 is 12.8 Å². The molecule has 120 valence electrons. The van der Waals surface area contributed by atoms with Crippen LogP contribution in [0.2, 0.25) is 0 Å². The zero-order valence-corrected chi connectivity index (χ0v) is 14.1. The molecule has 1 aromatic carbocycles. The van der Waals surface area contributed by atoms with Crippen LogP contribution in [0.4, 0.5) is 0 Å². The van der Waals surface area contributed by atoms with Crippen molar-refractivity contribution in [1.82, 2.24) is 4.98 Å². The van der Waals surface area contributed by atoms with E-state index in [0.29, 0.717) is 23.2 Å². The van der Waals surface area contributed by atoms with E-state index in [2.05, 4.69) is 4.98 Å². The fourth-order valence-electron chi connectivity index (χ4n) is 3.74. The summed E-state index contributed by atoms with van der Waals surface area (Å²) in [4.78, 5) is 4.64. The number of benzene rings is 1. The summed E-state index contributed by atoms with van der Waals surface area (Å²) in [6.45, 7) is -0.565. The van der Waals surface area contributed by atoms with Crippen LogP contribution in [0.3, 0.4) is 0 Å². The van der Waals surface area contributed by atoms with Crippen LogP contribution in [0.25, 0.3) is 22.4 Å². The Balaban J connectivity index is 1.96. The van der Waals surface area contributed by atoms with Gasteiger partial charge in [-0.1, -0.05) is 12.1 Å². The van der Waals surface area contributed by atoms with Crippen molar-refractivity contribution in [2.45, 2.75) is 34.0 Å². The molecule has 1 aliphatic carbocycles. The van der Waals surface area contributed by atoms with Crippen LogP contribution in [-0.2, 0) is 13.5 Å². The van der Waals surface area contributed by atoms with Gasteiger partial charge in [-0.3, -0.25) is 4.98 Å². The average molecular weight is 321 g/mol. The van der Waals surface area contributed by atoms with Gasteiger partial charge >= 0.3 is 0 Å². The first-order valence-electron chi connectivity index (χ1n) is 11.0. The summed E-state index contributed by atoms with van der Waals surface area (Å²) in [5.41, 5.74) is 7.66. The number of aromatic nitrogens is 2. The van der Waals surface area contributed by atoms with E-state index in [4.69, 9.17) is 8.22 Å².